The van der Waals surface area contributed by atoms with Crippen LogP contribution >= 0.6 is 11.8 Å². The largest absolute Gasteiger partial charge is 0.379 e. The van der Waals surface area contributed by atoms with E-state index in [-0.39, 0.29) is 41.9 Å². The molecule has 17 nitrogen and oxygen atoms in total. The van der Waals surface area contributed by atoms with Gasteiger partial charge in [0.1, 0.15) is 12.5 Å². The van der Waals surface area contributed by atoms with Crippen molar-refractivity contribution < 1.29 is 71.2 Å². The first kappa shape index (κ1) is 55.5. The van der Waals surface area contributed by atoms with Crippen molar-refractivity contribution in [3.63, 3.8) is 0 Å². The number of Topliss-reactive ketones (excluding diaryl/α,β-unsaturated/α-hetero) is 1. The summed E-state index contributed by atoms with van der Waals surface area (Å²) in [5.74, 6) is 0.0415. The number of rotatable bonds is 46. The third kappa shape index (κ3) is 43.9. The summed E-state index contributed by atoms with van der Waals surface area (Å²) >= 11 is 1.59. The van der Waals surface area contributed by atoms with Crippen LogP contribution in [0.1, 0.15) is 53.9 Å². The number of ketones is 1. The first-order valence-corrected chi connectivity index (χ1v) is 21.3. The number of hydrogen-bond acceptors (Lipinski definition) is 16. The Balaban J connectivity index is 3.17. The Bertz CT molecular complexity index is 908. The molecule has 57 heavy (non-hydrogen) atoms. The number of thioether (sulfide) groups is 1. The Kier molecular flexibility index (Phi) is 42.9. The molecule has 0 spiro atoms. The van der Waals surface area contributed by atoms with Gasteiger partial charge in [0, 0.05) is 31.9 Å². The average Bonchev–Trinajstić information content (AvgIpc) is 3.18. The van der Waals surface area contributed by atoms with Gasteiger partial charge in [-0.3, -0.25) is 14.4 Å². The zero-order valence-electron chi connectivity index (χ0n) is 35.6. The average molecular weight is 845 g/mol. The highest BCUT2D eigenvalue weighted by molar-refractivity contribution is 8.01. The van der Waals surface area contributed by atoms with Gasteiger partial charge in [0.2, 0.25) is 11.8 Å². The first-order chi connectivity index (χ1) is 27.7. The molecule has 0 heterocycles. The lowest BCUT2D eigenvalue weighted by Gasteiger charge is -2.14. The Morgan fingerprint density at radius 3 is 1.11 bits per heavy atom. The first-order valence-electron chi connectivity index (χ1n) is 20.4. The standard InChI is InChI=1S/C39H76N2O15S/c1-34(2)37(42)8-12-46-14-16-48-18-20-50-22-24-52-26-28-54-30-32-55-31-29-53-27-25-51-23-21-49-19-17-47-15-13-45-10-6-11-56-33-41-38(43)7-9-40-39(44)36(5)57-35(3)4/h34-36H,6-33H2,1-5H3,(H,40,44)(H,41,43). The predicted molar refractivity (Wildman–Crippen MR) is 217 cm³/mol. The number of nitrogens with one attached hydrogen (secondary N) is 2. The maximum atomic E-state index is 12.0. The molecule has 0 radical (unpaired) electrons. The lowest BCUT2D eigenvalue weighted by atomic mass is 10.1. The predicted octanol–water partition coefficient (Wildman–Crippen LogP) is 2.30. The van der Waals surface area contributed by atoms with Crippen LogP contribution < -0.4 is 10.6 Å². The molecule has 0 saturated heterocycles. The van der Waals surface area contributed by atoms with Crippen molar-refractivity contribution in [1.82, 2.24) is 10.6 Å². The molecule has 0 rings (SSSR count). The monoisotopic (exact) mass is 844 g/mol. The summed E-state index contributed by atoms with van der Waals surface area (Å²) in [6, 6.07) is 0. The minimum Gasteiger partial charge on any atom is -0.379 e. The summed E-state index contributed by atoms with van der Waals surface area (Å²) in [7, 11) is 0. The fourth-order valence-electron chi connectivity index (χ4n) is 4.23. The van der Waals surface area contributed by atoms with E-state index in [2.05, 4.69) is 10.6 Å². The van der Waals surface area contributed by atoms with Crippen LogP contribution in [-0.4, -0.2) is 193 Å². The molecule has 338 valence electrons. The van der Waals surface area contributed by atoms with Crippen LogP contribution in [0.3, 0.4) is 0 Å². The maximum Gasteiger partial charge on any atom is 0.232 e. The number of hydrogen-bond donors (Lipinski definition) is 2. The molecular formula is C39H76N2O15S. The highest BCUT2D eigenvalue weighted by atomic mass is 32.2. The number of carbonyl (C=O) groups excluding carboxylic acids is 3. The van der Waals surface area contributed by atoms with Crippen molar-refractivity contribution in [2.24, 2.45) is 5.92 Å². The highest BCUT2D eigenvalue weighted by Gasteiger charge is 2.14. The van der Waals surface area contributed by atoms with E-state index < -0.39 is 0 Å². The summed E-state index contributed by atoms with van der Waals surface area (Å²) in [4.78, 5) is 35.3. The van der Waals surface area contributed by atoms with Crippen LogP contribution in [-0.2, 0) is 71.2 Å². The summed E-state index contributed by atoms with van der Waals surface area (Å²) in [6.07, 6.45) is 1.36. The van der Waals surface area contributed by atoms with E-state index in [1.54, 1.807) is 11.8 Å². The summed E-state index contributed by atoms with van der Waals surface area (Å²) in [5.41, 5.74) is 0. The zero-order chi connectivity index (χ0) is 41.9. The van der Waals surface area contributed by atoms with E-state index in [1.165, 1.54) is 0 Å². The second kappa shape index (κ2) is 44.0. The van der Waals surface area contributed by atoms with E-state index in [0.717, 1.165) is 0 Å². The maximum absolute atomic E-state index is 12.0. The van der Waals surface area contributed by atoms with Crippen molar-refractivity contribution in [2.75, 3.05) is 165 Å². The lowest BCUT2D eigenvalue weighted by molar-refractivity contribution is -0.124. The minimum absolute atomic E-state index is 0.0529. The van der Waals surface area contributed by atoms with Crippen LogP contribution in [0.25, 0.3) is 0 Å². The van der Waals surface area contributed by atoms with Crippen molar-refractivity contribution in [3.8, 4) is 0 Å². The molecular weight excluding hydrogens is 768 g/mol. The van der Waals surface area contributed by atoms with Crippen LogP contribution in [0, 0.1) is 5.92 Å². The quantitative estimate of drug-likeness (QED) is 0.0671. The Labute approximate surface area is 346 Å². The van der Waals surface area contributed by atoms with E-state index in [9.17, 15) is 14.4 Å². The van der Waals surface area contributed by atoms with Crippen molar-refractivity contribution in [1.29, 1.82) is 0 Å². The highest BCUT2D eigenvalue weighted by Crippen LogP contribution is 2.16. The summed E-state index contributed by atoms with van der Waals surface area (Å²) < 4.78 is 65.6. The topological polar surface area (TPSA) is 186 Å². The smallest absolute Gasteiger partial charge is 0.232 e. The molecule has 0 fully saturated rings. The van der Waals surface area contributed by atoms with Crippen molar-refractivity contribution in [2.45, 2.75) is 64.4 Å². The van der Waals surface area contributed by atoms with E-state index in [0.29, 0.717) is 177 Å². The molecule has 0 aliphatic heterocycles. The van der Waals surface area contributed by atoms with Gasteiger partial charge in [-0.2, -0.15) is 0 Å². The van der Waals surface area contributed by atoms with Gasteiger partial charge in [-0.1, -0.05) is 27.7 Å². The van der Waals surface area contributed by atoms with Crippen LogP contribution in [0.15, 0.2) is 0 Å². The van der Waals surface area contributed by atoms with Crippen LogP contribution in [0.2, 0.25) is 0 Å². The molecule has 18 heteroatoms. The second-order valence-electron chi connectivity index (χ2n) is 13.0. The fourth-order valence-corrected chi connectivity index (χ4v) is 5.25. The molecule has 0 aromatic heterocycles. The lowest BCUT2D eigenvalue weighted by Crippen LogP contribution is -2.35. The van der Waals surface area contributed by atoms with Gasteiger partial charge in [0.15, 0.2) is 0 Å². The van der Waals surface area contributed by atoms with Gasteiger partial charge in [-0.15, -0.1) is 11.8 Å². The number of amides is 2. The molecule has 0 aromatic carbocycles. The third-order valence-corrected chi connectivity index (χ3v) is 8.47. The van der Waals surface area contributed by atoms with E-state index >= 15 is 0 Å². The van der Waals surface area contributed by atoms with Gasteiger partial charge in [-0.05, 0) is 18.6 Å². The number of ether oxygens (including phenoxy) is 12. The molecule has 1 atom stereocenters. The van der Waals surface area contributed by atoms with Crippen molar-refractivity contribution in [3.05, 3.63) is 0 Å². The molecule has 0 saturated carbocycles. The van der Waals surface area contributed by atoms with Gasteiger partial charge in [-0.25, -0.2) is 0 Å². The fraction of sp³-hybridized carbons (Fsp3) is 0.923. The number of carbonyl (C=O) groups is 3. The van der Waals surface area contributed by atoms with E-state index in [4.69, 9.17) is 56.8 Å². The van der Waals surface area contributed by atoms with Gasteiger partial charge in [0.05, 0.1) is 151 Å². The Hall–Kier alpha value is -1.52. The van der Waals surface area contributed by atoms with Crippen molar-refractivity contribution >= 4 is 29.4 Å². The molecule has 1 unspecified atom stereocenters. The normalized spacial score (nSPS) is 12.1. The molecule has 0 aliphatic rings. The minimum atomic E-state index is -0.169. The van der Waals surface area contributed by atoms with Crippen LogP contribution in [0.5, 0.6) is 0 Å². The Morgan fingerprint density at radius 1 is 0.421 bits per heavy atom. The molecule has 0 aromatic rings. The second-order valence-corrected chi connectivity index (χ2v) is 14.9. The molecule has 2 amide bonds. The zero-order valence-corrected chi connectivity index (χ0v) is 36.4. The summed E-state index contributed by atoms with van der Waals surface area (Å²) in [6.45, 7) is 21.3. The van der Waals surface area contributed by atoms with E-state index in [1.807, 2.05) is 34.6 Å². The molecule has 2 N–H and O–H groups in total. The summed E-state index contributed by atoms with van der Waals surface area (Å²) in [5, 5.41) is 5.69. The van der Waals surface area contributed by atoms with Gasteiger partial charge in [0.25, 0.3) is 0 Å². The Morgan fingerprint density at radius 2 is 0.754 bits per heavy atom. The van der Waals surface area contributed by atoms with Gasteiger partial charge >= 0.3 is 0 Å². The SMILES string of the molecule is CC(C)SC(C)C(=O)NCCC(=O)NCOCCCOCCOCCOCCOCCOCCOCCOCCOCCOCCOCCOCCC(=O)C(C)C. The molecule has 0 aliphatic carbocycles. The third-order valence-electron chi connectivity index (χ3n) is 7.30. The molecule has 0 bridgehead atoms. The van der Waals surface area contributed by atoms with Crippen LogP contribution in [0.4, 0.5) is 0 Å². The van der Waals surface area contributed by atoms with Gasteiger partial charge < -0.3 is 67.5 Å².